The number of aromatic nitrogens is 2. The molecule has 0 aliphatic heterocycles. The van der Waals surface area contributed by atoms with Gasteiger partial charge >= 0.3 is 0 Å². The second-order valence-electron chi connectivity index (χ2n) is 8.33. The van der Waals surface area contributed by atoms with Gasteiger partial charge in [-0.2, -0.15) is 5.10 Å². The standard InChI is InChI=1S/C25H32N4O3S/c1-17-18(2)20(4)25(21(5)19(17)3)33(31,32)28-14-12-24(30)26-13-11-22-15-27-29(16-22)23-9-7-6-8-10-23/h6-10,15-16,28H,11-14H2,1-5H3,(H,26,30). The summed E-state index contributed by atoms with van der Waals surface area (Å²) in [7, 11) is -3.71. The van der Waals surface area contributed by atoms with E-state index >= 15 is 0 Å². The van der Waals surface area contributed by atoms with Crippen molar-refractivity contribution in [3.05, 3.63) is 76.1 Å². The van der Waals surface area contributed by atoms with Crippen LogP contribution in [0.25, 0.3) is 5.69 Å². The highest BCUT2D eigenvalue weighted by Gasteiger charge is 2.23. The van der Waals surface area contributed by atoms with Crippen molar-refractivity contribution in [2.24, 2.45) is 0 Å². The first-order valence-electron chi connectivity index (χ1n) is 11.0. The molecule has 0 fully saturated rings. The molecular weight excluding hydrogens is 436 g/mol. The Hall–Kier alpha value is -2.97. The Morgan fingerprint density at radius 2 is 1.52 bits per heavy atom. The number of hydrogen-bond donors (Lipinski definition) is 2. The average Bonchev–Trinajstić information content (AvgIpc) is 3.26. The van der Waals surface area contributed by atoms with Crippen molar-refractivity contribution in [2.45, 2.75) is 52.4 Å². The lowest BCUT2D eigenvalue weighted by Gasteiger charge is -2.19. The minimum Gasteiger partial charge on any atom is -0.356 e. The van der Waals surface area contributed by atoms with Gasteiger partial charge in [0.2, 0.25) is 15.9 Å². The molecule has 0 radical (unpaired) electrons. The van der Waals surface area contributed by atoms with Gasteiger partial charge in [-0.15, -0.1) is 0 Å². The van der Waals surface area contributed by atoms with Crippen molar-refractivity contribution in [2.75, 3.05) is 13.1 Å². The molecule has 1 amide bonds. The fraction of sp³-hybridized carbons (Fsp3) is 0.360. The SMILES string of the molecule is Cc1c(C)c(C)c(S(=O)(=O)NCCC(=O)NCCc2cnn(-c3ccccc3)c2)c(C)c1C. The van der Waals surface area contributed by atoms with Crippen molar-refractivity contribution in [3.63, 3.8) is 0 Å². The molecule has 1 heterocycles. The summed E-state index contributed by atoms with van der Waals surface area (Å²) in [6, 6.07) is 9.81. The number of amides is 1. The van der Waals surface area contributed by atoms with E-state index in [-0.39, 0.29) is 18.9 Å². The molecule has 33 heavy (non-hydrogen) atoms. The number of sulfonamides is 1. The zero-order valence-electron chi connectivity index (χ0n) is 19.9. The van der Waals surface area contributed by atoms with Crippen LogP contribution in [0.3, 0.4) is 0 Å². The van der Waals surface area contributed by atoms with Gasteiger partial charge in [-0.25, -0.2) is 17.8 Å². The third kappa shape index (κ3) is 5.69. The Balaban J connectivity index is 1.50. The summed E-state index contributed by atoms with van der Waals surface area (Å²) >= 11 is 0. The van der Waals surface area contributed by atoms with Gasteiger partial charge in [0.15, 0.2) is 0 Å². The molecule has 1 aromatic heterocycles. The van der Waals surface area contributed by atoms with Crippen molar-refractivity contribution in [3.8, 4) is 5.69 Å². The summed E-state index contributed by atoms with van der Waals surface area (Å²) in [6.45, 7) is 10.0. The molecule has 0 saturated heterocycles. The van der Waals surface area contributed by atoms with Gasteiger partial charge in [0.1, 0.15) is 0 Å². The van der Waals surface area contributed by atoms with Crippen molar-refractivity contribution in [1.82, 2.24) is 19.8 Å². The summed E-state index contributed by atoms with van der Waals surface area (Å²) in [4.78, 5) is 12.5. The van der Waals surface area contributed by atoms with E-state index in [1.54, 1.807) is 10.9 Å². The van der Waals surface area contributed by atoms with Crippen molar-refractivity contribution < 1.29 is 13.2 Å². The molecule has 2 aromatic carbocycles. The Kier molecular flexibility index (Phi) is 7.71. The first-order chi connectivity index (χ1) is 15.6. The third-order valence-corrected chi connectivity index (χ3v) is 7.97. The van der Waals surface area contributed by atoms with E-state index in [2.05, 4.69) is 15.1 Å². The summed E-state index contributed by atoms with van der Waals surface area (Å²) < 4.78 is 30.3. The van der Waals surface area contributed by atoms with E-state index in [1.165, 1.54) is 0 Å². The van der Waals surface area contributed by atoms with Gasteiger partial charge in [-0.1, -0.05) is 18.2 Å². The third-order valence-electron chi connectivity index (χ3n) is 6.24. The Bertz CT molecular complexity index is 1220. The monoisotopic (exact) mass is 468 g/mol. The molecule has 7 nitrogen and oxygen atoms in total. The Morgan fingerprint density at radius 3 is 2.15 bits per heavy atom. The number of benzene rings is 2. The van der Waals surface area contributed by atoms with Gasteiger partial charge in [0.25, 0.3) is 0 Å². The molecule has 2 N–H and O–H groups in total. The molecular formula is C25H32N4O3S. The number of rotatable bonds is 9. The van der Waals surface area contributed by atoms with Gasteiger partial charge in [-0.3, -0.25) is 4.79 Å². The van der Waals surface area contributed by atoms with Crippen LogP contribution in [0.5, 0.6) is 0 Å². The highest BCUT2D eigenvalue weighted by atomic mass is 32.2. The smallest absolute Gasteiger partial charge is 0.241 e. The van der Waals surface area contributed by atoms with E-state index in [4.69, 9.17) is 0 Å². The number of carbonyl (C=O) groups is 1. The van der Waals surface area contributed by atoms with Crippen LogP contribution >= 0.6 is 0 Å². The highest BCUT2D eigenvalue weighted by Crippen LogP contribution is 2.29. The van der Waals surface area contributed by atoms with Gasteiger partial charge in [-0.05, 0) is 86.6 Å². The van der Waals surface area contributed by atoms with Crippen LogP contribution in [0.1, 0.15) is 39.8 Å². The maximum absolute atomic E-state index is 12.9. The van der Waals surface area contributed by atoms with E-state index in [0.29, 0.717) is 17.9 Å². The zero-order chi connectivity index (χ0) is 24.2. The number of nitrogens with zero attached hydrogens (tertiary/aromatic N) is 2. The molecule has 3 rings (SSSR count). The fourth-order valence-electron chi connectivity index (χ4n) is 3.89. The summed E-state index contributed by atoms with van der Waals surface area (Å²) in [6.07, 6.45) is 4.43. The predicted octanol–water partition coefficient (Wildman–Crippen LogP) is 3.44. The van der Waals surface area contributed by atoms with Gasteiger partial charge in [0.05, 0.1) is 16.8 Å². The van der Waals surface area contributed by atoms with Crippen LogP contribution in [-0.2, 0) is 21.2 Å². The van der Waals surface area contributed by atoms with Gasteiger partial charge < -0.3 is 5.32 Å². The second-order valence-corrected chi connectivity index (χ2v) is 10.0. The first-order valence-corrected chi connectivity index (χ1v) is 12.5. The highest BCUT2D eigenvalue weighted by molar-refractivity contribution is 7.89. The molecule has 0 unspecified atom stereocenters. The van der Waals surface area contributed by atoms with E-state index in [0.717, 1.165) is 39.1 Å². The molecule has 8 heteroatoms. The lowest BCUT2D eigenvalue weighted by molar-refractivity contribution is -0.120. The maximum atomic E-state index is 12.9. The molecule has 0 saturated carbocycles. The fourth-order valence-corrected chi connectivity index (χ4v) is 5.51. The minimum absolute atomic E-state index is 0.0466. The average molecular weight is 469 g/mol. The largest absolute Gasteiger partial charge is 0.356 e. The van der Waals surface area contributed by atoms with Crippen molar-refractivity contribution >= 4 is 15.9 Å². The number of hydrogen-bond acceptors (Lipinski definition) is 4. The summed E-state index contributed by atoms with van der Waals surface area (Å²) in [5.41, 5.74) is 6.56. The summed E-state index contributed by atoms with van der Waals surface area (Å²) in [5, 5.41) is 7.19. The van der Waals surface area contributed by atoms with Crippen LogP contribution in [0.2, 0.25) is 0 Å². The van der Waals surface area contributed by atoms with Crippen LogP contribution in [0.4, 0.5) is 0 Å². The number of carbonyl (C=O) groups excluding carboxylic acids is 1. The summed E-state index contributed by atoms with van der Waals surface area (Å²) in [5.74, 6) is -0.196. The Morgan fingerprint density at radius 1 is 0.909 bits per heavy atom. The van der Waals surface area contributed by atoms with Gasteiger partial charge in [0, 0.05) is 25.7 Å². The minimum atomic E-state index is -3.71. The van der Waals surface area contributed by atoms with Crippen LogP contribution in [0, 0.1) is 34.6 Å². The lowest BCUT2D eigenvalue weighted by Crippen LogP contribution is -2.32. The van der Waals surface area contributed by atoms with Crippen LogP contribution in [-0.4, -0.2) is 37.2 Å². The molecule has 0 aliphatic carbocycles. The molecule has 0 spiro atoms. The van der Waals surface area contributed by atoms with E-state index in [1.807, 2.05) is 71.1 Å². The Labute approximate surface area is 196 Å². The molecule has 0 atom stereocenters. The molecule has 0 aliphatic rings. The van der Waals surface area contributed by atoms with Crippen molar-refractivity contribution in [1.29, 1.82) is 0 Å². The molecule has 3 aromatic rings. The predicted molar refractivity (Wildman–Crippen MR) is 130 cm³/mol. The van der Waals surface area contributed by atoms with E-state index < -0.39 is 10.0 Å². The van der Waals surface area contributed by atoms with Crippen LogP contribution in [0.15, 0.2) is 47.6 Å². The molecule has 176 valence electrons. The quantitative estimate of drug-likeness (QED) is 0.503. The lowest BCUT2D eigenvalue weighted by atomic mass is 9.95. The first kappa shape index (κ1) is 24.7. The second kappa shape index (κ2) is 10.3. The van der Waals surface area contributed by atoms with Crippen LogP contribution < -0.4 is 10.0 Å². The topological polar surface area (TPSA) is 93.1 Å². The zero-order valence-corrected chi connectivity index (χ0v) is 20.7. The number of para-hydroxylation sites is 1. The maximum Gasteiger partial charge on any atom is 0.241 e. The normalized spacial score (nSPS) is 11.5. The molecule has 0 bridgehead atoms. The number of nitrogens with one attached hydrogen (secondary N) is 2. The van der Waals surface area contributed by atoms with E-state index in [9.17, 15) is 13.2 Å².